The molecule has 0 spiro atoms. The SMILES string of the molecule is Cc1c(Nc2ccc(OCc3ccccc3)cc2OCCC2CCN(C(=O)OC(C)(C)C)CC2)cc(C#N)n1C. The molecule has 2 aromatic carbocycles. The molecule has 0 unspecified atom stereocenters. The molecule has 0 atom stereocenters. The van der Waals surface area contributed by atoms with Crippen LogP contribution in [-0.2, 0) is 18.4 Å². The maximum absolute atomic E-state index is 12.4. The van der Waals surface area contributed by atoms with Gasteiger partial charge in [0.15, 0.2) is 0 Å². The fourth-order valence-corrected chi connectivity index (χ4v) is 4.70. The molecule has 8 heteroatoms. The first-order valence-corrected chi connectivity index (χ1v) is 13.9. The van der Waals surface area contributed by atoms with Gasteiger partial charge in [0.25, 0.3) is 0 Å². The molecule has 0 saturated carbocycles. The van der Waals surface area contributed by atoms with Gasteiger partial charge in [0.05, 0.1) is 18.0 Å². The Bertz CT molecular complexity index is 1330. The first-order chi connectivity index (χ1) is 19.1. The highest BCUT2D eigenvalue weighted by Crippen LogP contribution is 2.34. The van der Waals surface area contributed by atoms with Gasteiger partial charge in [-0.05, 0) is 76.6 Å². The van der Waals surface area contributed by atoms with Gasteiger partial charge in [0.2, 0.25) is 0 Å². The van der Waals surface area contributed by atoms with Gasteiger partial charge in [-0.25, -0.2) is 4.79 Å². The third-order valence-electron chi connectivity index (χ3n) is 7.17. The maximum Gasteiger partial charge on any atom is 0.410 e. The summed E-state index contributed by atoms with van der Waals surface area (Å²) in [6, 6.07) is 19.9. The molecule has 0 bridgehead atoms. The molecule has 0 radical (unpaired) electrons. The molecule has 40 heavy (non-hydrogen) atoms. The zero-order valence-corrected chi connectivity index (χ0v) is 24.2. The van der Waals surface area contributed by atoms with Gasteiger partial charge >= 0.3 is 6.09 Å². The lowest BCUT2D eigenvalue weighted by atomic mass is 9.94. The molecule has 8 nitrogen and oxygen atoms in total. The summed E-state index contributed by atoms with van der Waals surface area (Å²) in [7, 11) is 1.88. The van der Waals surface area contributed by atoms with Crippen LogP contribution in [0.5, 0.6) is 11.5 Å². The number of likely N-dealkylation sites (tertiary alicyclic amines) is 1. The van der Waals surface area contributed by atoms with Gasteiger partial charge in [-0.1, -0.05) is 30.3 Å². The Hall–Kier alpha value is -4.12. The molecule has 1 aliphatic rings. The van der Waals surface area contributed by atoms with Crippen LogP contribution in [0.4, 0.5) is 16.2 Å². The van der Waals surface area contributed by atoms with Gasteiger partial charge in [-0.3, -0.25) is 0 Å². The normalized spacial score (nSPS) is 13.9. The highest BCUT2D eigenvalue weighted by molar-refractivity contribution is 5.70. The van der Waals surface area contributed by atoms with Gasteiger partial charge < -0.3 is 29.0 Å². The van der Waals surface area contributed by atoms with Gasteiger partial charge in [-0.15, -0.1) is 0 Å². The Labute approximate surface area is 237 Å². The topological polar surface area (TPSA) is 88.8 Å². The number of ether oxygens (including phenoxy) is 3. The minimum atomic E-state index is -0.485. The van der Waals surface area contributed by atoms with Crippen molar-refractivity contribution >= 4 is 17.5 Å². The number of hydrogen-bond acceptors (Lipinski definition) is 6. The molecule has 2 heterocycles. The number of carbonyl (C=O) groups excluding carboxylic acids is 1. The number of nitrogens with one attached hydrogen (secondary N) is 1. The summed E-state index contributed by atoms with van der Waals surface area (Å²) in [4.78, 5) is 14.2. The fourth-order valence-electron chi connectivity index (χ4n) is 4.70. The van der Waals surface area contributed by atoms with Crippen molar-refractivity contribution in [1.82, 2.24) is 9.47 Å². The molecule has 212 valence electrons. The summed E-state index contributed by atoms with van der Waals surface area (Å²) in [5.74, 6) is 1.89. The van der Waals surface area contributed by atoms with Crippen LogP contribution in [0.25, 0.3) is 0 Å². The molecule has 1 aromatic heterocycles. The van der Waals surface area contributed by atoms with Gasteiger partial charge in [0.1, 0.15) is 35.5 Å². The highest BCUT2D eigenvalue weighted by Gasteiger charge is 2.27. The zero-order valence-electron chi connectivity index (χ0n) is 24.2. The smallest absolute Gasteiger partial charge is 0.410 e. The number of nitrogens with zero attached hydrogens (tertiary/aromatic N) is 3. The number of amides is 1. The van der Waals surface area contributed by atoms with E-state index in [-0.39, 0.29) is 6.09 Å². The van der Waals surface area contributed by atoms with Crippen LogP contribution in [-0.4, -0.2) is 40.9 Å². The average Bonchev–Trinajstić information content (AvgIpc) is 3.21. The van der Waals surface area contributed by atoms with E-state index in [4.69, 9.17) is 14.2 Å². The Morgan fingerprint density at radius 3 is 2.42 bits per heavy atom. The average molecular weight is 545 g/mol. The molecule has 1 fully saturated rings. The Morgan fingerprint density at radius 2 is 1.77 bits per heavy atom. The summed E-state index contributed by atoms with van der Waals surface area (Å²) in [5, 5.41) is 12.9. The van der Waals surface area contributed by atoms with Crippen molar-refractivity contribution in [2.75, 3.05) is 25.0 Å². The Kier molecular flexibility index (Phi) is 9.26. The van der Waals surface area contributed by atoms with Gasteiger partial charge in [0, 0.05) is 31.9 Å². The molecule has 1 aliphatic heterocycles. The monoisotopic (exact) mass is 544 g/mol. The summed E-state index contributed by atoms with van der Waals surface area (Å²) >= 11 is 0. The van der Waals surface area contributed by atoms with E-state index in [0.29, 0.717) is 43.7 Å². The molecule has 1 N–H and O–H groups in total. The number of carbonyl (C=O) groups is 1. The number of anilines is 2. The molecule has 3 aromatic rings. The highest BCUT2D eigenvalue weighted by atomic mass is 16.6. The summed E-state index contributed by atoms with van der Waals surface area (Å²) in [5.41, 5.74) is 3.82. The lowest BCUT2D eigenvalue weighted by Gasteiger charge is -2.33. The van der Waals surface area contributed by atoms with Crippen LogP contribution in [0.15, 0.2) is 54.6 Å². The molecular formula is C32H40N4O4. The minimum absolute atomic E-state index is 0.235. The Balaban J connectivity index is 1.40. The predicted octanol–water partition coefficient (Wildman–Crippen LogP) is 6.94. The van der Waals surface area contributed by atoms with E-state index in [1.165, 1.54) is 0 Å². The van der Waals surface area contributed by atoms with Crippen molar-refractivity contribution in [3.05, 3.63) is 71.5 Å². The summed E-state index contributed by atoms with van der Waals surface area (Å²) in [6.45, 7) is 10.1. The lowest BCUT2D eigenvalue weighted by molar-refractivity contribution is 0.0177. The second kappa shape index (κ2) is 12.8. The maximum atomic E-state index is 12.4. The van der Waals surface area contributed by atoms with Crippen LogP contribution < -0.4 is 14.8 Å². The first-order valence-electron chi connectivity index (χ1n) is 13.9. The Morgan fingerprint density at radius 1 is 1.05 bits per heavy atom. The van der Waals surface area contributed by atoms with Crippen LogP contribution in [0, 0.1) is 24.2 Å². The summed E-state index contributed by atoms with van der Waals surface area (Å²) < 4.78 is 19.8. The van der Waals surface area contributed by atoms with Crippen molar-refractivity contribution in [1.29, 1.82) is 5.26 Å². The quantitative estimate of drug-likeness (QED) is 0.314. The molecule has 0 aliphatic carbocycles. The van der Waals surface area contributed by atoms with E-state index in [1.807, 2.05) is 93.9 Å². The number of aromatic nitrogens is 1. The predicted molar refractivity (Wildman–Crippen MR) is 156 cm³/mol. The second-order valence-corrected chi connectivity index (χ2v) is 11.3. The minimum Gasteiger partial charge on any atom is -0.491 e. The third-order valence-corrected chi connectivity index (χ3v) is 7.17. The fraction of sp³-hybridized carbons (Fsp3) is 0.438. The van der Waals surface area contributed by atoms with Crippen molar-refractivity contribution in [3.8, 4) is 17.6 Å². The van der Waals surface area contributed by atoms with E-state index in [2.05, 4.69) is 11.4 Å². The van der Waals surface area contributed by atoms with Crippen molar-refractivity contribution in [2.45, 2.75) is 59.2 Å². The van der Waals surface area contributed by atoms with Crippen LogP contribution in [0.1, 0.15) is 57.0 Å². The van der Waals surface area contributed by atoms with Crippen LogP contribution in [0.2, 0.25) is 0 Å². The zero-order chi connectivity index (χ0) is 28.7. The van der Waals surface area contributed by atoms with Crippen molar-refractivity contribution in [2.24, 2.45) is 13.0 Å². The standard InChI is InChI=1S/C32H40N4O4/c1-23-29(19-26(21-33)35(23)5)34-28-12-11-27(39-22-25-9-7-6-8-10-25)20-30(28)38-18-15-24-13-16-36(17-14-24)31(37)40-32(2,3)4/h6-12,19-20,24,34H,13-18,22H2,1-5H3. The van der Waals surface area contributed by atoms with Crippen LogP contribution in [0.3, 0.4) is 0 Å². The lowest BCUT2D eigenvalue weighted by Crippen LogP contribution is -2.41. The van der Waals surface area contributed by atoms with E-state index in [0.717, 1.165) is 47.6 Å². The van der Waals surface area contributed by atoms with E-state index in [1.54, 1.807) is 4.90 Å². The van der Waals surface area contributed by atoms with Gasteiger partial charge in [-0.2, -0.15) is 5.26 Å². The number of hydrogen-bond donors (Lipinski definition) is 1. The number of nitriles is 1. The van der Waals surface area contributed by atoms with E-state index in [9.17, 15) is 10.1 Å². The number of piperidine rings is 1. The number of rotatable bonds is 9. The molecule has 1 amide bonds. The first kappa shape index (κ1) is 28.9. The third kappa shape index (κ3) is 7.72. The van der Waals surface area contributed by atoms with Crippen molar-refractivity contribution < 1.29 is 19.0 Å². The van der Waals surface area contributed by atoms with E-state index >= 15 is 0 Å². The number of benzene rings is 2. The molecular weight excluding hydrogens is 504 g/mol. The van der Waals surface area contributed by atoms with Crippen molar-refractivity contribution in [3.63, 3.8) is 0 Å². The molecule has 4 rings (SSSR count). The van der Waals surface area contributed by atoms with Crippen LogP contribution >= 0.6 is 0 Å². The molecule has 1 saturated heterocycles. The van der Waals surface area contributed by atoms with E-state index < -0.39 is 5.60 Å². The second-order valence-electron chi connectivity index (χ2n) is 11.3. The largest absolute Gasteiger partial charge is 0.491 e. The summed E-state index contributed by atoms with van der Waals surface area (Å²) in [6.07, 6.45) is 2.50.